The molecule has 33 heavy (non-hydrogen) atoms. The Morgan fingerprint density at radius 3 is 2.70 bits per heavy atom. The van der Waals surface area contributed by atoms with E-state index in [4.69, 9.17) is 26.3 Å². The number of urea groups is 1. The number of carbonyl (C=O) groups excluding carboxylic acids is 2. The van der Waals surface area contributed by atoms with Gasteiger partial charge < -0.3 is 25.0 Å². The minimum atomic E-state index is -0.570. The molecule has 0 saturated carbocycles. The van der Waals surface area contributed by atoms with Crippen LogP contribution in [-0.4, -0.2) is 73.3 Å². The van der Waals surface area contributed by atoms with Gasteiger partial charge in [-0.3, -0.25) is 10.1 Å². The Balaban J connectivity index is 1.53. The van der Waals surface area contributed by atoms with Crippen LogP contribution in [0.1, 0.15) is 11.3 Å². The summed E-state index contributed by atoms with van der Waals surface area (Å²) in [6.07, 6.45) is 3.10. The first kappa shape index (κ1) is 24.2. The van der Waals surface area contributed by atoms with Gasteiger partial charge in [-0.05, 0) is 30.7 Å². The molecule has 1 aliphatic rings. The summed E-state index contributed by atoms with van der Waals surface area (Å²) in [5.41, 5.74) is 1.33. The number of halogens is 1. The number of aromatic nitrogens is 2. The quantitative estimate of drug-likeness (QED) is 0.491. The van der Waals surface area contributed by atoms with Gasteiger partial charge >= 0.3 is 6.03 Å². The Labute approximate surface area is 196 Å². The van der Waals surface area contributed by atoms with Crippen molar-refractivity contribution in [1.82, 2.24) is 20.2 Å². The summed E-state index contributed by atoms with van der Waals surface area (Å²) in [7, 11) is 1.49. The van der Waals surface area contributed by atoms with Crippen LogP contribution in [0.2, 0.25) is 5.02 Å². The molecule has 2 aromatic rings. The van der Waals surface area contributed by atoms with E-state index in [1.165, 1.54) is 19.5 Å². The normalized spacial score (nSPS) is 13.2. The second kappa shape index (κ2) is 12.0. The minimum Gasteiger partial charge on any atom is -0.495 e. The lowest BCUT2D eigenvalue weighted by Crippen LogP contribution is -2.44. The molecule has 1 aromatic heterocycles. The van der Waals surface area contributed by atoms with Gasteiger partial charge in [-0.25, -0.2) is 14.8 Å². The van der Waals surface area contributed by atoms with Crippen LogP contribution in [0.25, 0.3) is 0 Å². The molecule has 0 atom stereocenters. The number of hydrogen-bond acceptors (Lipinski definition) is 8. The van der Waals surface area contributed by atoms with Crippen LogP contribution < -0.4 is 20.7 Å². The Hall–Kier alpha value is -3.46. The second-order valence-electron chi connectivity index (χ2n) is 7.04. The van der Waals surface area contributed by atoms with Crippen molar-refractivity contribution in [3.8, 4) is 11.8 Å². The van der Waals surface area contributed by atoms with E-state index in [2.05, 4.69) is 25.9 Å². The Bertz CT molecular complexity index is 1020. The number of methoxy groups -OCH3 is 1. The van der Waals surface area contributed by atoms with Crippen LogP contribution in [0.4, 0.5) is 16.3 Å². The van der Waals surface area contributed by atoms with Gasteiger partial charge in [0.1, 0.15) is 11.8 Å². The van der Waals surface area contributed by atoms with E-state index in [0.29, 0.717) is 55.7 Å². The van der Waals surface area contributed by atoms with Gasteiger partial charge in [0, 0.05) is 18.1 Å². The van der Waals surface area contributed by atoms with E-state index in [1.807, 2.05) is 6.07 Å². The van der Waals surface area contributed by atoms with Crippen molar-refractivity contribution < 1.29 is 19.1 Å². The van der Waals surface area contributed by atoms with Crippen LogP contribution in [-0.2, 0) is 16.0 Å². The predicted molar refractivity (Wildman–Crippen MR) is 121 cm³/mol. The smallest absolute Gasteiger partial charge is 0.325 e. The number of rotatable bonds is 8. The van der Waals surface area contributed by atoms with Gasteiger partial charge in [-0.2, -0.15) is 5.26 Å². The highest BCUT2D eigenvalue weighted by Gasteiger charge is 2.16. The van der Waals surface area contributed by atoms with Gasteiger partial charge in [0.2, 0.25) is 5.91 Å². The molecule has 3 N–H and O–H groups in total. The highest BCUT2D eigenvalue weighted by molar-refractivity contribution is 6.31. The number of ether oxygens (including phenoxy) is 2. The van der Waals surface area contributed by atoms with Crippen molar-refractivity contribution in [3.63, 3.8) is 0 Å². The van der Waals surface area contributed by atoms with Crippen molar-refractivity contribution in [2.24, 2.45) is 0 Å². The zero-order chi connectivity index (χ0) is 23.6. The summed E-state index contributed by atoms with van der Waals surface area (Å²) in [5.74, 6) is 0.658. The molecule has 1 aliphatic heterocycles. The van der Waals surface area contributed by atoms with Crippen LogP contribution in [0, 0.1) is 11.3 Å². The van der Waals surface area contributed by atoms with Gasteiger partial charge in [0.15, 0.2) is 11.5 Å². The first-order chi connectivity index (χ1) is 16.0. The SMILES string of the molecule is COc1cc(CCNCC(=O)N2CCOCC2)c(Cl)cc1NC(=O)Nc1cnc(C#N)cn1. The maximum atomic E-state index is 12.3. The number of carbonyl (C=O) groups is 2. The molecule has 12 heteroatoms. The number of nitrogens with one attached hydrogen (secondary N) is 3. The fraction of sp³-hybridized carbons (Fsp3) is 0.381. The third kappa shape index (κ3) is 7.01. The number of nitrogens with zero attached hydrogens (tertiary/aromatic N) is 4. The number of nitriles is 1. The third-order valence-corrected chi connectivity index (χ3v) is 5.19. The minimum absolute atomic E-state index is 0.0412. The standard InChI is InChI=1S/C21H24ClN7O4/c1-32-18-8-14(2-3-24-13-20(30)29-4-6-33-7-5-29)16(22)9-17(18)27-21(31)28-19-12-25-15(10-23)11-26-19/h8-9,11-12,24H,2-7,13H2,1H3,(H2,26,27,28,31). The fourth-order valence-corrected chi connectivity index (χ4v) is 3.37. The van der Waals surface area contributed by atoms with Crippen LogP contribution in [0.3, 0.4) is 0 Å². The summed E-state index contributed by atoms with van der Waals surface area (Å²) in [4.78, 5) is 34.0. The lowest BCUT2D eigenvalue weighted by Gasteiger charge is -2.26. The highest BCUT2D eigenvalue weighted by atomic mass is 35.5. The molecule has 0 bridgehead atoms. The largest absolute Gasteiger partial charge is 0.495 e. The summed E-state index contributed by atoms with van der Waals surface area (Å²) in [6.45, 7) is 3.16. The zero-order valence-electron chi connectivity index (χ0n) is 18.1. The maximum Gasteiger partial charge on any atom is 0.325 e. The molecule has 3 amide bonds. The van der Waals surface area contributed by atoms with Crippen LogP contribution >= 0.6 is 11.6 Å². The lowest BCUT2D eigenvalue weighted by molar-refractivity contribution is -0.134. The van der Waals surface area contributed by atoms with Gasteiger partial charge in [-0.15, -0.1) is 0 Å². The second-order valence-corrected chi connectivity index (χ2v) is 7.45. The van der Waals surface area contributed by atoms with Crippen LogP contribution in [0.5, 0.6) is 5.75 Å². The molecule has 1 aromatic carbocycles. The molecule has 174 valence electrons. The molecule has 11 nitrogen and oxygen atoms in total. The summed E-state index contributed by atoms with van der Waals surface area (Å²) < 4.78 is 10.6. The number of benzene rings is 1. The predicted octanol–water partition coefficient (Wildman–Crippen LogP) is 1.65. The average Bonchev–Trinajstić information content (AvgIpc) is 2.83. The first-order valence-corrected chi connectivity index (χ1v) is 10.6. The van der Waals surface area contributed by atoms with Gasteiger partial charge in [0.05, 0.1) is 44.9 Å². The van der Waals surface area contributed by atoms with Crippen LogP contribution in [0.15, 0.2) is 24.5 Å². The Kier molecular flexibility index (Phi) is 8.77. The molecular weight excluding hydrogens is 450 g/mol. The lowest BCUT2D eigenvalue weighted by atomic mass is 10.1. The summed E-state index contributed by atoms with van der Waals surface area (Å²) >= 11 is 6.40. The van der Waals surface area contributed by atoms with Crippen molar-refractivity contribution >= 4 is 35.0 Å². The van der Waals surface area contributed by atoms with Crippen molar-refractivity contribution in [2.45, 2.75) is 6.42 Å². The van der Waals surface area contributed by atoms with E-state index in [-0.39, 0.29) is 24.0 Å². The average molecular weight is 474 g/mol. The maximum absolute atomic E-state index is 12.3. The van der Waals surface area contributed by atoms with Gasteiger partial charge in [-0.1, -0.05) is 11.6 Å². The number of anilines is 2. The molecule has 0 spiro atoms. The topological polar surface area (TPSA) is 142 Å². The van der Waals surface area contributed by atoms with E-state index < -0.39 is 6.03 Å². The highest BCUT2D eigenvalue weighted by Crippen LogP contribution is 2.31. The summed E-state index contributed by atoms with van der Waals surface area (Å²) in [6, 6.07) is 4.62. The third-order valence-electron chi connectivity index (χ3n) is 4.84. The molecule has 0 unspecified atom stereocenters. The molecular formula is C21H24ClN7O4. The molecule has 0 aliphatic carbocycles. The summed E-state index contributed by atoms with van der Waals surface area (Å²) in [5, 5.41) is 17.5. The van der Waals surface area contributed by atoms with Crippen molar-refractivity contribution in [3.05, 3.63) is 40.8 Å². The molecule has 1 saturated heterocycles. The van der Waals surface area contributed by atoms with Crippen molar-refractivity contribution in [1.29, 1.82) is 5.26 Å². The Morgan fingerprint density at radius 2 is 2.03 bits per heavy atom. The first-order valence-electron chi connectivity index (χ1n) is 10.2. The molecule has 1 fully saturated rings. The molecule has 0 radical (unpaired) electrons. The van der Waals surface area contributed by atoms with Crippen molar-refractivity contribution in [2.75, 3.05) is 57.1 Å². The number of amides is 3. The van der Waals surface area contributed by atoms with E-state index in [9.17, 15) is 9.59 Å². The molecule has 3 rings (SSSR count). The van der Waals surface area contributed by atoms with E-state index >= 15 is 0 Å². The zero-order valence-corrected chi connectivity index (χ0v) is 18.8. The van der Waals surface area contributed by atoms with Gasteiger partial charge in [0.25, 0.3) is 0 Å². The number of hydrogen-bond donors (Lipinski definition) is 3. The Morgan fingerprint density at radius 1 is 1.24 bits per heavy atom. The van der Waals surface area contributed by atoms with E-state index in [1.54, 1.807) is 17.0 Å². The van der Waals surface area contributed by atoms with E-state index in [0.717, 1.165) is 5.56 Å². The monoisotopic (exact) mass is 473 g/mol. The number of morpholine rings is 1. The molecule has 2 heterocycles. The fourth-order valence-electron chi connectivity index (χ4n) is 3.12.